The number of amides is 1. The van der Waals surface area contributed by atoms with Crippen molar-refractivity contribution >= 4 is 12.1 Å². The van der Waals surface area contributed by atoms with Crippen LogP contribution in [0.15, 0.2) is 36.0 Å². The number of alkyl carbamates (subject to hydrolysis) is 1. The first-order valence-corrected chi connectivity index (χ1v) is 17.3. The number of likely N-dealkylation sites (N-methyl/N-ethyl adjacent to an activating group) is 1. The summed E-state index contributed by atoms with van der Waals surface area (Å²) in [6.45, 7) is 18.2. The highest BCUT2D eigenvalue weighted by molar-refractivity contribution is 5.70. The molecule has 0 saturated carbocycles. The Morgan fingerprint density at radius 2 is 1.96 bits per heavy atom. The fraction of sp³-hybridized carbons (Fsp3) is 0.778. The van der Waals surface area contributed by atoms with Gasteiger partial charge in [-0.1, -0.05) is 58.9 Å². The van der Waals surface area contributed by atoms with Crippen molar-refractivity contribution in [1.82, 2.24) is 10.2 Å². The molecule has 11 nitrogen and oxygen atoms in total. The van der Waals surface area contributed by atoms with Crippen LogP contribution in [0.1, 0.15) is 87.5 Å². The highest BCUT2D eigenvalue weighted by atomic mass is 16.6. The van der Waals surface area contributed by atoms with Crippen LogP contribution < -0.4 is 5.32 Å². The summed E-state index contributed by atoms with van der Waals surface area (Å²) in [7, 11) is 1.54. The second-order valence-electron chi connectivity index (χ2n) is 13.7. The molecular weight excluding hydrogens is 604 g/mol. The Hall–Kier alpha value is -2.28. The maximum Gasteiger partial charge on any atom is 0.407 e. The van der Waals surface area contributed by atoms with Gasteiger partial charge in [-0.15, -0.1) is 0 Å². The molecule has 0 aliphatic carbocycles. The number of cyclic esters (lactones) is 1. The van der Waals surface area contributed by atoms with Crippen LogP contribution in [0.5, 0.6) is 0 Å². The van der Waals surface area contributed by atoms with E-state index in [0.717, 1.165) is 18.7 Å². The number of nitrogens with one attached hydrogen (secondary N) is 1. The van der Waals surface area contributed by atoms with Gasteiger partial charge in [-0.3, -0.25) is 4.79 Å². The molecule has 0 bridgehead atoms. The van der Waals surface area contributed by atoms with Crippen LogP contribution in [0.25, 0.3) is 0 Å². The third-order valence-electron chi connectivity index (χ3n) is 9.64. The standard InChI is InChI=1S/C36H62N2O9/c1-10-28(40)26(6)33-29(45-33)23-35(7,43)18-13-14-24(4)32-25(5)15-16-30(46-34(42)37-20-21-38(11-2)12-3)36(8,44-9)19-17-27(39)22-31(41)47-32/h13-16,18,25-30,32-33,39-40,43H,10-12,17,19-23H2,1-9H3,(H,37,42)/b16-15+,18-13+,24-14+. The summed E-state index contributed by atoms with van der Waals surface area (Å²) in [6, 6.07) is 0. The number of ether oxygens (including phenoxy) is 4. The van der Waals surface area contributed by atoms with E-state index in [1.54, 1.807) is 38.3 Å². The zero-order chi connectivity index (χ0) is 35.4. The number of esters is 1. The molecule has 47 heavy (non-hydrogen) atoms. The Morgan fingerprint density at radius 3 is 2.57 bits per heavy atom. The van der Waals surface area contributed by atoms with Gasteiger partial charge in [0.1, 0.15) is 11.7 Å². The predicted molar refractivity (Wildman–Crippen MR) is 182 cm³/mol. The summed E-state index contributed by atoms with van der Waals surface area (Å²) >= 11 is 0. The third kappa shape index (κ3) is 13.3. The van der Waals surface area contributed by atoms with Crippen LogP contribution in [0.2, 0.25) is 0 Å². The number of carbonyl (C=O) groups is 2. The quantitative estimate of drug-likeness (QED) is 0.0863. The molecule has 4 N–H and O–H groups in total. The van der Waals surface area contributed by atoms with Gasteiger partial charge < -0.3 is 44.5 Å². The number of hydrogen-bond acceptors (Lipinski definition) is 10. The maximum atomic E-state index is 12.9. The van der Waals surface area contributed by atoms with E-state index in [-0.39, 0.29) is 36.9 Å². The van der Waals surface area contributed by atoms with Crippen molar-refractivity contribution in [3.05, 3.63) is 36.0 Å². The molecule has 1 saturated heterocycles. The highest BCUT2D eigenvalue weighted by Crippen LogP contribution is 2.37. The van der Waals surface area contributed by atoms with Crippen LogP contribution in [0, 0.1) is 11.8 Å². The molecule has 1 fully saturated rings. The van der Waals surface area contributed by atoms with Gasteiger partial charge in [0, 0.05) is 38.5 Å². The van der Waals surface area contributed by atoms with E-state index in [9.17, 15) is 24.9 Å². The summed E-state index contributed by atoms with van der Waals surface area (Å²) in [5, 5.41) is 34.7. The zero-order valence-corrected chi connectivity index (χ0v) is 30.1. The molecular formula is C36H62N2O9. The number of epoxide rings is 1. The Kier molecular flexibility index (Phi) is 16.6. The molecule has 11 heteroatoms. The normalized spacial score (nSPS) is 32.4. The molecule has 0 aromatic rings. The molecule has 2 heterocycles. The summed E-state index contributed by atoms with van der Waals surface area (Å²) in [5.74, 6) is -0.855. The smallest absolute Gasteiger partial charge is 0.407 e. The number of rotatable bonds is 15. The summed E-state index contributed by atoms with van der Waals surface area (Å²) in [6.07, 6.45) is 6.65. The van der Waals surface area contributed by atoms with Gasteiger partial charge in [0.25, 0.3) is 0 Å². The molecule has 0 aromatic carbocycles. The molecule has 10 unspecified atom stereocenters. The fourth-order valence-corrected chi connectivity index (χ4v) is 6.02. The molecule has 270 valence electrons. The average molecular weight is 667 g/mol. The van der Waals surface area contributed by atoms with E-state index in [2.05, 4.69) is 24.1 Å². The van der Waals surface area contributed by atoms with Crippen molar-refractivity contribution < 1.29 is 43.9 Å². The minimum Gasteiger partial charge on any atom is -0.457 e. The van der Waals surface area contributed by atoms with Crippen LogP contribution in [0.4, 0.5) is 4.79 Å². The number of nitrogens with zero attached hydrogens (tertiary/aromatic N) is 1. The first-order valence-electron chi connectivity index (χ1n) is 17.3. The van der Waals surface area contributed by atoms with Crippen LogP contribution in [0.3, 0.4) is 0 Å². The van der Waals surface area contributed by atoms with E-state index in [4.69, 9.17) is 18.9 Å². The van der Waals surface area contributed by atoms with E-state index in [0.29, 0.717) is 32.4 Å². The van der Waals surface area contributed by atoms with Gasteiger partial charge in [0.15, 0.2) is 6.10 Å². The monoisotopic (exact) mass is 666 g/mol. The van der Waals surface area contributed by atoms with Gasteiger partial charge in [-0.05, 0) is 64.8 Å². The minimum absolute atomic E-state index is 0.00514. The lowest BCUT2D eigenvalue weighted by molar-refractivity contribution is -0.151. The van der Waals surface area contributed by atoms with E-state index < -0.39 is 47.7 Å². The van der Waals surface area contributed by atoms with Crippen molar-refractivity contribution in [1.29, 1.82) is 0 Å². The van der Waals surface area contributed by atoms with Crippen LogP contribution in [-0.4, -0.2) is 113 Å². The van der Waals surface area contributed by atoms with Crippen LogP contribution in [-0.2, 0) is 23.7 Å². The second kappa shape index (κ2) is 19.0. The van der Waals surface area contributed by atoms with Crippen molar-refractivity contribution in [3.63, 3.8) is 0 Å². The topological polar surface area (TPSA) is 150 Å². The molecule has 1 amide bonds. The summed E-state index contributed by atoms with van der Waals surface area (Å²) in [4.78, 5) is 27.9. The largest absolute Gasteiger partial charge is 0.457 e. The van der Waals surface area contributed by atoms with E-state index in [1.165, 1.54) is 0 Å². The van der Waals surface area contributed by atoms with Crippen molar-refractivity contribution in [2.75, 3.05) is 33.3 Å². The van der Waals surface area contributed by atoms with Gasteiger partial charge in [0.2, 0.25) is 0 Å². The Labute approximate surface area is 282 Å². The lowest BCUT2D eigenvalue weighted by Gasteiger charge is -2.36. The van der Waals surface area contributed by atoms with E-state index >= 15 is 0 Å². The first kappa shape index (κ1) is 40.9. The molecule has 2 aliphatic heterocycles. The average Bonchev–Trinajstić information content (AvgIpc) is 3.79. The van der Waals surface area contributed by atoms with Gasteiger partial charge in [0.05, 0.1) is 36.4 Å². The molecule has 0 spiro atoms. The SMILES string of the molecule is CCC(O)C(C)C1OC1CC(C)(O)/C=C/C=C(\C)C1OC(=O)CC(O)CCC(C)(OC)C(OC(=O)NCCN(CC)CC)/C=C/C1C. The Morgan fingerprint density at radius 1 is 1.28 bits per heavy atom. The number of aliphatic hydroxyl groups excluding tert-OH is 2. The number of aliphatic hydroxyl groups is 3. The molecule has 2 rings (SSSR count). The van der Waals surface area contributed by atoms with Crippen molar-refractivity contribution in [2.24, 2.45) is 11.8 Å². The Balaban J connectivity index is 2.22. The molecule has 0 aromatic heterocycles. The van der Waals surface area contributed by atoms with E-state index in [1.807, 2.05) is 40.7 Å². The number of allylic oxidation sites excluding steroid dienone is 2. The lowest BCUT2D eigenvalue weighted by atomic mass is 9.88. The predicted octanol–water partition coefficient (Wildman–Crippen LogP) is 4.30. The van der Waals surface area contributed by atoms with Crippen LogP contribution >= 0.6 is 0 Å². The molecule has 0 radical (unpaired) electrons. The maximum absolute atomic E-state index is 12.9. The number of methoxy groups -OCH3 is 1. The number of hydrogen-bond donors (Lipinski definition) is 4. The summed E-state index contributed by atoms with van der Waals surface area (Å²) in [5.41, 5.74) is -1.37. The first-order chi connectivity index (χ1) is 22.1. The number of carbonyl (C=O) groups excluding carboxylic acids is 2. The minimum atomic E-state index is -1.15. The highest BCUT2D eigenvalue weighted by Gasteiger charge is 2.47. The molecule has 2 aliphatic rings. The second-order valence-corrected chi connectivity index (χ2v) is 13.7. The van der Waals surface area contributed by atoms with Crippen molar-refractivity contribution in [3.8, 4) is 0 Å². The van der Waals surface area contributed by atoms with Gasteiger partial charge in [-0.25, -0.2) is 4.79 Å². The lowest BCUT2D eigenvalue weighted by Crippen LogP contribution is -2.46. The van der Waals surface area contributed by atoms with Gasteiger partial charge >= 0.3 is 12.1 Å². The summed E-state index contributed by atoms with van der Waals surface area (Å²) < 4.78 is 23.4. The third-order valence-corrected chi connectivity index (χ3v) is 9.64. The van der Waals surface area contributed by atoms with Crippen molar-refractivity contribution in [2.45, 2.75) is 135 Å². The molecule has 10 atom stereocenters. The fourth-order valence-electron chi connectivity index (χ4n) is 6.02. The Bertz CT molecular complexity index is 1070. The van der Waals surface area contributed by atoms with Gasteiger partial charge in [-0.2, -0.15) is 0 Å². The zero-order valence-electron chi connectivity index (χ0n) is 30.1.